The third-order valence-corrected chi connectivity index (χ3v) is 4.67. The van der Waals surface area contributed by atoms with E-state index in [1.165, 1.54) is 7.11 Å². The maximum absolute atomic E-state index is 14.3. The zero-order valence-electron chi connectivity index (χ0n) is 15.1. The first kappa shape index (κ1) is 19.1. The number of anilines is 1. The molecule has 0 bridgehead atoms. The Morgan fingerprint density at radius 1 is 1.44 bits per heavy atom. The summed E-state index contributed by atoms with van der Waals surface area (Å²) in [6.45, 7) is 6.50. The van der Waals surface area contributed by atoms with Crippen molar-refractivity contribution in [2.45, 2.75) is 52.5 Å². The third kappa shape index (κ3) is 4.90. The van der Waals surface area contributed by atoms with Gasteiger partial charge in [0.2, 0.25) is 0 Å². The highest BCUT2D eigenvalue weighted by molar-refractivity contribution is 5.74. The van der Waals surface area contributed by atoms with Gasteiger partial charge >= 0.3 is 5.97 Å². The lowest BCUT2D eigenvalue weighted by Crippen LogP contribution is -2.35. The van der Waals surface area contributed by atoms with Crippen LogP contribution in [-0.4, -0.2) is 24.0 Å². The van der Waals surface area contributed by atoms with Gasteiger partial charge in [-0.3, -0.25) is 14.9 Å². The van der Waals surface area contributed by atoms with Crippen LogP contribution >= 0.6 is 0 Å². The Hall–Kier alpha value is -2.18. The van der Waals surface area contributed by atoms with Crippen molar-refractivity contribution in [2.24, 2.45) is 11.3 Å². The molecule has 1 saturated carbocycles. The highest BCUT2D eigenvalue weighted by Crippen LogP contribution is 2.40. The van der Waals surface area contributed by atoms with Crippen molar-refractivity contribution in [1.29, 1.82) is 0 Å². The van der Waals surface area contributed by atoms with Crippen molar-refractivity contribution in [1.82, 2.24) is 0 Å². The molecule has 1 aliphatic carbocycles. The van der Waals surface area contributed by atoms with Crippen LogP contribution in [0.3, 0.4) is 0 Å². The molecule has 1 aromatic carbocycles. The van der Waals surface area contributed by atoms with Crippen molar-refractivity contribution in [3.8, 4) is 0 Å². The molecule has 0 spiro atoms. The monoisotopic (exact) mass is 352 g/mol. The topological polar surface area (TPSA) is 81.5 Å². The minimum Gasteiger partial charge on any atom is -0.469 e. The summed E-state index contributed by atoms with van der Waals surface area (Å²) in [5.74, 6) is -0.804. The zero-order chi connectivity index (χ0) is 18.8. The van der Waals surface area contributed by atoms with E-state index in [-0.39, 0.29) is 34.8 Å². The maximum Gasteiger partial charge on any atom is 0.310 e. The summed E-state index contributed by atoms with van der Waals surface area (Å²) >= 11 is 0. The number of rotatable bonds is 5. The second-order valence-corrected chi connectivity index (χ2v) is 7.73. The van der Waals surface area contributed by atoms with Crippen molar-refractivity contribution < 1.29 is 18.8 Å². The van der Waals surface area contributed by atoms with E-state index in [9.17, 15) is 19.3 Å². The summed E-state index contributed by atoms with van der Waals surface area (Å²) in [5, 5.41) is 14.6. The first-order valence-corrected chi connectivity index (χ1v) is 8.41. The van der Waals surface area contributed by atoms with Gasteiger partial charge in [0, 0.05) is 23.7 Å². The van der Waals surface area contributed by atoms with Crippen LogP contribution in [0.5, 0.6) is 0 Å². The Kier molecular flexibility index (Phi) is 5.65. The van der Waals surface area contributed by atoms with E-state index in [0.717, 1.165) is 31.4 Å². The lowest BCUT2D eigenvalue weighted by atomic mass is 9.70. The number of benzene rings is 1. The molecule has 138 valence electrons. The molecule has 0 amide bonds. The van der Waals surface area contributed by atoms with Crippen molar-refractivity contribution >= 4 is 17.3 Å². The SMILES string of the molecule is COC(=O)Cc1cc([N+](=O)[O-])c(N[C@H]2C[C@@H](C)CC(C)(C)C2)cc1F. The number of hydrogen-bond acceptors (Lipinski definition) is 5. The predicted molar refractivity (Wildman–Crippen MR) is 93.0 cm³/mol. The number of halogens is 1. The fourth-order valence-corrected chi connectivity index (χ4v) is 3.91. The molecule has 0 heterocycles. The van der Waals surface area contributed by atoms with E-state index < -0.39 is 16.7 Å². The summed E-state index contributed by atoms with van der Waals surface area (Å²) < 4.78 is 18.8. The second kappa shape index (κ2) is 7.37. The van der Waals surface area contributed by atoms with Crippen LogP contribution < -0.4 is 5.32 Å². The summed E-state index contributed by atoms with van der Waals surface area (Å²) in [6.07, 6.45) is 2.50. The molecule has 1 aromatic rings. The minimum absolute atomic E-state index is 0.0403. The van der Waals surface area contributed by atoms with Gasteiger partial charge in [0.15, 0.2) is 0 Å². The van der Waals surface area contributed by atoms with Gasteiger partial charge in [-0.25, -0.2) is 4.39 Å². The van der Waals surface area contributed by atoms with E-state index in [1.54, 1.807) is 0 Å². The summed E-state index contributed by atoms with van der Waals surface area (Å²) in [7, 11) is 1.19. The van der Waals surface area contributed by atoms with E-state index in [4.69, 9.17) is 0 Å². The van der Waals surface area contributed by atoms with E-state index in [1.807, 2.05) is 0 Å². The lowest BCUT2D eigenvalue weighted by molar-refractivity contribution is -0.384. The van der Waals surface area contributed by atoms with Crippen LogP contribution in [0.15, 0.2) is 12.1 Å². The smallest absolute Gasteiger partial charge is 0.310 e. The largest absolute Gasteiger partial charge is 0.469 e. The van der Waals surface area contributed by atoms with Crippen LogP contribution in [-0.2, 0) is 16.0 Å². The summed E-state index contributed by atoms with van der Waals surface area (Å²) in [5.41, 5.74) is 0.0248. The van der Waals surface area contributed by atoms with E-state index in [0.29, 0.717) is 5.92 Å². The first-order chi connectivity index (χ1) is 11.6. The molecule has 1 N–H and O–H groups in total. The summed E-state index contributed by atoms with van der Waals surface area (Å²) in [6, 6.07) is 2.28. The molecule has 6 nitrogen and oxygen atoms in total. The molecule has 2 atom stereocenters. The maximum atomic E-state index is 14.3. The van der Waals surface area contributed by atoms with Gasteiger partial charge in [-0.15, -0.1) is 0 Å². The van der Waals surface area contributed by atoms with Gasteiger partial charge in [-0.1, -0.05) is 20.8 Å². The Morgan fingerprint density at radius 2 is 2.12 bits per heavy atom. The highest BCUT2D eigenvalue weighted by atomic mass is 19.1. The molecule has 0 aliphatic heterocycles. The summed E-state index contributed by atoms with van der Waals surface area (Å²) in [4.78, 5) is 22.2. The number of nitrogens with zero attached hydrogens (tertiary/aromatic N) is 1. The Balaban J connectivity index is 2.29. The third-order valence-electron chi connectivity index (χ3n) is 4.67. The number of carbonyl (C=O) groups excluding carboxylic acids is 1. The van der Waals surface area contributed by atoms with Gasteiger partial charge in [0.25, 0.3) is 5.69 Å². The second-order valence-electron chi connectivity index (χ2n) is 7.73. The van der Waals surface area contributed by atoms with Crippen molar-refractivity contribution in [3.05, 3.63) is 33.6 Å². The molecular formula is C18H25FN2O4. The highest BCUT2D eigenvalue weighted by Gasteiger charge is 2.33. The number of nitro benzene ring substituents is 1. The molecule has 1 fully saturated rings. The zero-order valence-corrected chi connectivity index (χ0v) is 15.1. The normalized spacial score (nSPS) is 22.3. The Morgan fingerprint density at radius 3 is 2.68 bits per heavy atom. The number of esters is 1. The fourth-order valence-electron chi connectivity index (χ4n) is 3.91. The van der Waals surface area contributed by atoms with Crippen LogP contribution in [0.25, 0.3) is 0 Å². The molecule has 2 rings (SSSR count). The fraction of sp³-hybridized carbons (Fsp3) is 0.611. The van der Waals surface area contributed by atoms with Crippen molar-refractivity contribution in [3.63, 3.8) is 0 Å². The van der Waals surface area contributed by atoms with Gasteiger partial charge in [0.1, 0.15) is 11.5 Å². The number of nitro groups is 1. The minimum atomic E-state index is -0.651. The number of hydrogen-bond donors (Lipinski definition) is 1. The van der Waals surface area contributed by atoms with Crippen LogP contribution in [0.1, 0.15) is 45.6 Å². The van der Waals surface area contributed by atoms with Crippen LogP contribution in [0.4, 0.5) is 15.8 Å². The molecule has 0 unspecified atom stereocenters. The molecular weight excluding hydrogens is 327 g/mol. The van der Waals surface area contributed by atoms with Gasteiger partial charge in [-0.2, -0.15) is 0 Å². The molecule has 7 heteroatoms. The lowest BCUT2D eigenvalue weighted by Gasteiger charge is -2.39. The average Bonchev–Trinajstić information content (AvgIpc) is 2.47. The average molecular weight is 352 g/mol. The Labute approximate surface area is 146 Å². The number of nitrogens with one attached hydrogen (secondary N) is 1. The molecule has 0 saturated heterocycles. The van der Waals surface area contributed by atoms with Gasteiger partial charge in [0.05, 0.1) is 18.5 Å². The number of methoxy groups -OCH3 is 1. The van der Waals surface area contributed by atoms with Crippen molar-refractivity contribution in [2.75, 3.05) is 12.4 Å². The molecule has 0 aromatic heterocycles. The van der Waals surface area contributed by atoms with Crippen LogP contribution in [0, 0.1) is 27.3 Å². The standard InChI is InChI=1S/C18H25FN2O4/c1-11-5-13(10-18(2,3)9-11)20-15-8-14(19)12(7-17(22)25-4)6-16(15)21(23)24/h6,8,11,13,20H,5,7,9-10H2,1-4H3/t11-,13+/m1/s1. The van der Waals surface area contributed by atoms with E-state index >= 15 is 0 Å². The number of ether oxygens (including phenoxy) is 1. The molecule has 0 radical (unpaired) electrons. The first-order valence-electron chi connectivity index (χ1n) is 8.41. The van der Waals surface area contributed by atoms with Gasteiger partial charge in [-0.05, 0) is 30.6 Å². The van der Waals surface area contributed by atoms with Crippen LogP contribution in [0.2, 0.25) is 0 Å². The quantitative estimate of drug-likeness (QED) is 0.491. The molecule has 25 heavy (non-hydrogen) atoms. The molecule has 1 aliphatic rings. The number of carbonyl (C=O) groups is 1. The Bertz CT molecular complexity index is 675. The van der Waals surface area contributed by atoms with Gasteiger partial charge < -0.3 is 10.1 Å². The van der Waals surface area contributed by atoms with E-state index in [2.05, 4.69) is 30.8 Å². The predicted octanol–water partition coefficient (Wildman–Crippen LogP) is 4.08.